The number of allylic oxidation sites excluding steroid dienone is 2. The van der Waals surface area contributed by atoms with Crippen LogP contribution in [0.2, 0.25) is 0 Å². The number of carbonyl (C=O) groups excluding carboxylic acids is 2. The van der Waals surface area contributed by atoms with E-state index in [2.05, 4.69) is 10.5 Å². The topological polar surface area (TPSA) is 88.0 Å². The number of aryl methyl sites for hydroxylation is 2. The Morgan fingerprint density at radius 2 is 1.93 bits per heavy atom. The van der Waals surface area contributed by atoms with Gasteiger partial charge in [0.2, 0.25) is 5.91 Å². The minimum Gasteiger partial charge on any atom is -0.511 e. The zero-order chi connectivity index (χ0) is 21.0. The lowest BCUT2D eigenvalue weighted by Crippen LogP contribution is -2.25. The van der Waals surface area contributed by atoms with Crippen molar-refractivity contribution in [3.63, 3.8) is 0 Å². The molecule has 0 heterocycles. The maximum atomic E-state index is 12.9. The van der Waals surface area contributed by atoms with Crippen LogP contribution in [0.3, 0.4) is 0 Å². The van der Waals surface area contributed by atoms with Crippen molar-refractivity contribution in [2.24, 2.45) is 5.16 Å². The molecule has 152 valence electrons. The molecule has 0 aromatic heterocycles. The minimum atomic E-state index is -0.144. The van der Waals surface area contributed by atoms with Crippen LogP contribution >= 0.6 is 0 Å². The van der Waals surface area contributed by atoms with Crippen LogP contribution < -0.4 is 5.32 Å². The molecule has 0 saturated carbocycles. The van der Waals surface area contributed by atoms with Crippen molar-refractivity contribution in [1.29, 1.82) is 0 Å². The van der Waals surface area contributed by atoms with E-state index in [4.69, 9.17) is 4.84 Å². The number of hydrogen-bond acceptors (Lipinski definition) is 5. The number of rotatable bonds is 6. The summed E-state index contributed by atoms with van der Waals surface area (Å²) in [4.78, 5) is 29.6. The van der Waals surface area contributed by atoms with Crippen LogP contribution in [-0.2, 0) is 14.4 Å². The predicted molar refractivity (Wildman–Crippen MR) is 111 cm³/mol. The fraction of sp³-hybridized carbons (Fsp3) is 0.500. The Morgan fingerprint density at radius 1 is 1.25 bits per heavy atom. The third-order valence-corrected chi connectivity index (χ3v) is 5.11. The highest BCUT2D eigenvalue weighted by atomic mass is 16.6. The molecule has 1 unspecified atom stereocenters. The molecule has 1 aliphatic carbocycles. The van der Waals surface area contributed by atoms with Crippen molar-refractivity contribution in [3.8, 4) is 0 Å². The van der Waals surface area contributed by atoms with Gasteiger partial charge in [-0.1, -0.05) is 18.1 Å². The lowest BCUT2D eigenvalue weighted by molar-refractivity contribution is -0.116. The number of aliphatic hydroxyl groups is 1. The average Bonchev–Trinajstić information content (AvgIpc) is 2.60. The predicted octanol–water partition coefficient (Wildman–Crippen LogP) is 4.63. The molecule has 28 heavy (non-hydrogen) atoms. The smallest absolute Gasteiger partial charge is 0.221 e. The summed E-state index contributed by atoms with van der Waals surface area (Å²) < 4.78 is 0. The van der Waals surface area contributed by atoms with E-state index in [1.807, 2.05) is 40.7 Å². The van der Waals surface area contributed by atoms with Gasteiger partial charge in [-0.2, -0.15) is 0 Å². The Kier molecular flexibility index (Phi) is 7.00. The molecule has 0 bridgehead atoms. The molecule has 1 aliphatic rings. The summed E-state index contributed by atoms with van der Waals surface area (Å²) in [5, 5.41) is 17.6. The molecule has 0 saturated heterocycles. The molecule has 0 radical (unpaired) electrons. The molecule has 2 rings (SSSR count). The number of nitrogens with zero attached hydrogens (tertiary/aromatic N) is 1. The number of hydrogen-bond donors (Lipinski definition) is 2. The van der Waals surface area contributed by atoms with E-state index < -0.39 is 0 Å². The van der Waals surface area contributed by atoms with E-state index in [0.29, 0.717) is 25.2 Å². The van der Waals surface area contributed by atoms with Crippen LogP contribution in [0.4, 0.5) is 5.69 Å². The second-order valence-electron chi connectivity index (χ2n) is 7.26. The molecule has 6 heteroatoms. The summed E-state index contributed by atoms with van der Waals surface area (Å²) in [6, 6.07) is 2.02. The third kappa shape index (κ3) is 4.43. The van der Waals surface area contributed by atoms with Gasteiger partial charge in [0.05, 0.1) is 11.3 Å². The van der Waals surface area contributed by atoms with Crippen LogP contribution in [0.5, 0.6) is 0 Å². The lowest BCUT2D eigenvalue weighted by Gasteiger charge is -2.28. The summed E-state index contributed by atoms with van der Waals surface area (Å²) in [7, 11) is 0. The zero-order valence-electron chi connectivity index (χ0n) is 17.6. The second-order valence-corrected chi connectivity index (χ2v) is 7.26. The molecular formula is C22H30N2O4. The van der Waals surface area contributed by atoms with Crippen molar-refractivity contribution >= 4 is 23.1 Å². The van der Waals surface area contributed by atoms with Gasteiger partial charge in [0, 0.05) is 25.5 Å². The number of aliphatic hydroxyl groups excluding tert-OH is 1. The maximum absolute atomic E-state index is 12.9. The maximum Gasteiger partial charge on any atom is 0.221 e. The summed E-state index contributed by atoms with van der Waals surface area (Å²) in [5.74, 6) is -0.350. The number of anilines is 1. The average molecular weight is 386 g/mol. The van der Waals surface area contributed by atoms with E-state index in [1.165, 1.54) is 6.92 Å². The van der Waals surface area contributed by atoms with Gasteiger partial charge in [0.15, 0.2) is 5.78 Å². The Labute approximate surface area is 166 Å². The van der Waals surface area contributed by atoms with E-state index >= 15 is 0 Å². The SMILES string of the molecule is CCON=C(CC)C1=C(O)CC(c2c(C)cc(C)c(NC(C)=O)c2C)CC1=O. The minimum absolute atomic E-state index is 0.0574. The van der Waals surface area contributed by atoms with Crippen LogP contribution in [0.15, 0.2) is 22.6 Å². The van der Waals surface area contributed by atoms with E-state index in [9.17, 15) is 14.7 Å². The fourth-order valence-corrected chi connectivity index (χ4v) is 4.05. The molecule has 6 nitrogen and oxygen atoms in total. The molecular weight excluding hydrogens is 356 g/mol. The number of amides is 1. The quantitative estimate of drug-likeness (QED) is 0.551. The standard InChI is InChI=1S/C22H30N2O4/c1-7-17(24-28-8-2)21-18(26)10-16(11-19(21)27)20-12(3)9-13(4)22(14(20)5)23-15(6)25/h9,16,26H,7-8,10-11H2,1-6H3,(H,23,25). The highest BCUT2D eigenvalue weighted by molar-refractivity contribution is 6.23. The van der Waals surface area contributed by atoms with E-state index in [0.717, 1.165) is 27.9 Å². The number of nitrogens with one attached hydrogen (secondary N) is 1. The normalized spacial score (nSPS) is 17.7. The van der Waals surface area contributed by atoms with Gasteiger partial charge in [-0.05, 0) is 62.3 Å². The van der Waals surface area contributed by atoms with Crippen molar-refractivity contribution in [2.45, 2.75) is 66.7 Å². The fourth-order valence-electron chi connectivity index (χ4n) is 4.05. The highest BCUT2D eigenvalue weighted by Crippen LogP contribution is 2.40. The summed E-state index contributed by atoms with van der Waals surface area (Å²) >= 11 is 0. The number of benzene rings is 1. The second kappa shape index (κ2) is 9.04. The Hall–Kier alpha value is -2.63. The monoisotopic (exact) mass is 386 g/mol. The van der Waals surface area contributed by atoms with Gasteiger partial charge in [-0.15, -0.1) is 0 Å². The first-order valence-electron chi connectivity index (χ1n) is 9.73. The Balaban J connectivity index is 2.47. The molecule has 0 aliphatic heterocycles. The molecule has 1 aromatic rings. The van der Waals surface area contributed by atoms with Crippen molar-refractivity contribution < 1.29 is 19.5 Å². The number of carbonyl (C=O) groups is 2. The largest absolute Gasteiger partial charge is 0.511 e. The lowest BCUT2D eigenvalue weighted by atomic mass is 9.77. The molecule has 1 aromatic carbocycles. The van der Waals surface area contributed by atoms with E-state index in [-0.39, 0.29) is 35.4 Å². The van der Waals surface area contributed by atoms with Crippen LogP contribution in [0, 0.1) is 20.8 Å². The summed E-state index contributed by atoms with van der Waals surface area (Å²) in [5.41, 5.74) is 5.54. The number of oxime groups is 1. The van der Waals surface area contributed by atoms with Crippen LogP contribution in [-0.4, -0.2) is 29.1 Å². The van der Waals surface area contributed by atoms with Gasteiger partial charge >= 0.3 is 0 Å². The van der Waals surface area contributed by atoms with Gasteiger partial charge in [-0.3, -0.25) is 9.59 Å². The molecule has 0 fully saturated rings. The highest BCUT2D eigenvalue weighted by Gasteiger charge is 2.33. The van der Waals surface area contributed by atoms with Gasteiger partial charge in [0.25, 0.3) is 0 Å². The first-order chi connectivity index (χ1) is 13.2. The molecule has 1 atom stereocenters. The molecule has 1 amide bonds. The zero-order valence-corrected chi connectivity index (χ0v) is 17.6. The van der Waals surface area contributed by atoms with Crippen molar-refractivity contribution in [2.75, 3.05) is 11.9 Å². The van der Waals surface area contributed by atoms with Gasteiger partial charge in [0.1, 0.15) is 12.4 Å². The number of Topliss-reactive ketones (excluding diaryl/α,β-unsaturated/α-hetero) is 1. The molecule has 2 N–H and O–H groups in total. The third-order valence-electron chi connectivity index (χ3n) is 5.11. The number of ketones is 1. The van der Waals surface area contributed by atoms with E-state index in [1.54, 1.807) is 0 Å². The van der Waals surface area contributed by atoms with Crippen LogP contribution in [0.1, 0.15) is 68.2 Å². The summed E-state index contributed by atoms with van der Waals surface area (Å²) in [6.07, 6.45) is 1.15. The first-order valence-corrected chi connectivity index (χ1v) is 9.73. The van der Waals surface area contributed by atoms with Gasteiger partial charge in [-0.25, -0.2) is 0 Å². The van der Waals surface area contributed by atoms with Crippen molar-refractivity contribution in [1.82, 2.24) is 0 Å². The summed E-state index contributed by atoms with van der Waals surface area (Å²) in [6.45, 7) is 11.5. The van der Waals surface area contributed by atoms with Gasteiger partial charge < -0.3 is 15.3 Å². The Morgan fingerprint density at radius 3 is 2.46 bits per heavy atom. The first kappa shape index (κ1) is 21.7. The van der Waals surface area contributed by atoms with Crippen molar-refractivity contribution in [3.05, 3.63) is 39.7 Å². The van der Waals surface area contributed by atoms with Crippen LogP contribution in [0.25, 0.3) is 0 Å². The Bertz CT molecular complexity index is 853. The molecule has 0 spiro atoms.